The first-order valence-electron chi connectivity index (χ1n) is 11.7. The van der Waals surface area contributed by atoms with Crippen LogP contribution >= 0.6 is 0 Å². The van der Waals surface area contributed by atoms with E-state index in [1.54, 1.807) is 11.9 Å². The molecule has 6 heteroatoms. The van der Waals surface area contributed by atoms with Crippen LogP contribution in [0.15, 0.2) is 42.5 Å². The van der Waals surface area contributed by atoms with Crippen molar-refractivity contribution in [3.8, 4) is 0 Å². The number of ether oxygens (including phenoxy) is 1. The number of hydrogen-bond acceptors (Lipinski definition) is 4. The summed E-state index contributed by atoms with van der Waals surface area (Å²) < 4.78 is 7.87. The highest BCUT2D eigenvalue weighted by molar-refractivity contribution is 5.88. The molecule has 1 amide bonds. The zero-order valence-corrected chi connectivity index (χ0v) is 20.1. The molecule has 1 aromatic heterocycles. The van der Waals surface area contributed by atoms with E-state index in [-0.39, 0.29) is 6.09 Å². The van der Waals surface area contributed by atoms with Crippen molar-refractivity contribution >= 4 is 28.5 Å². The third-order valence-corrected chi connectivity index (χ3v) is 5.96. The van der Waals surface area contributed by atoms with Crippen molar-refractivity contribution in [1.29, 1.82) is 0 Å². The third-order valence-electron chi connectivity index (χ3n) is 5.96. The van der Waals surface area contributed by atoms with Crippen molar-refractivity contribution in [2.24, 2.45) is 0 Å². The molecule has 2 aromatic carbocycles. The van der Waals surface area contributed by atoms with Gasteiger partial charge in [-0.2, -0.15) is 0 Å². The Hall–Kier alpha value is -3.02. The molecular formula is C26H36N4O2. The van der Waals surface area contributed by atoms with E-state index in [2.05, 4.69) is 48.4 Å². The average Bonchev–Trinajstić information content (AvgIpc) is 3.15. The lowest BCUT2D eigenvalue weighted by Crippen LogP contribution is -2.29. The summed E-state index contributed by atoms with van der Waals surface area (Å²) in [6.07, 6.45) is 2.47. The molecule has 0 N–H and O–H groups in total. The lowest BCUT2D eigenvalue weighted by atomic mass is 10.1. The van der Waals surface area contributed by atoms with Gasteiger partial charge in [0.1, 0.15) is 12.4 Å². The van der Waals surface area contributed by atoms with Crippen molar-refractivity contribution in [3.05, 3.63) is 53.9 Å². The lowest BCUT2D eigenvalue weighted by Gasteiger charge is -2.24. The Morgan fingerprint density at radius 3 is 2.53 bits per heavy atom. The quantitative estimate of drug-likeness (QED) is 0.403. The molecule has 6 nitrogen and oxygen atoms in total. The van der Waals surface area contributed by atoms with E-state index >= 15 is 0 Å². The number of aromatic nitrogens is 2. The maximum Gasteiger partial charge on any atom is 0.414 e. The molecule has 172 valence electrons. The molecule has 0 fully saturated rings. The molecule has 1 heterocycles. The van der Waals surface area contributed by atoms with Gasteiger partial charge in [0, 0.05) is 44.5 Å². The molecule has 0 saturated heterocycles. The van der Waals surface area contributed by atoms with E-state index in [1.807, 2.05) is 31.2 Å². The van der Waals surface area contributed by atoms with Crippen LogP contribution in [0.2, 0.25) is 0 Å². The Morgan fingerprint density at radius 1 is 1.09 bits per heavy atom. The maximum absolute atomic E-state index is 12.7. The van der Waals surface area contributed by atoms with Gasteiger partial charge in [0.05, 0.1) is 11.0 Å². The monoisotopic (exact) mass is 436 g/mol. The highest BCUT2D eigenvalue weighted by atomic mass is 16.6. The number of unbranched alkanes of at least 4 members (excludes halogenated alkanes) is 1. The summed E-state index contributed by atoms with van der Waals surface area (Å²) >= 11 is 0. The zero-order chi connectivity index (χ0) is 23.1. The smallest absolute Gasteiger partial charge is 0.414 e. The van der Waals surface area contributed by atoms with E-state index in [9.17, 15) is 4.79 Å². The Balaban J connectivity index is 1.65. The number of carbonyl (C=O) groups excluding carboxylic acids is 1. The second-order valence-electron chi connectivity index (χ2n) is 8.09. The topological polar surface area (TPSA) is 50.6 Å². The first-order chi connectivity index (χ1) is 15.5. The molecule has 0 radical (unpaired) electrons. The highest BCUT2D eigenvalue weighted by Crippen LogP contribution is 2.25. The van der Waals surface area contributed by atoms with Crippen LogP contribution in [0.1, 0.15) is 45.0 Å². The fourth-order valence-corrected chi connectivity index (χ4v) is 4.11. The molecule has 3 rings (SSSR count). The third kappa shape index (κ3) is 5.23. The summed E-state index contributed by atoms with van der Waals surface area (Å²) in [7, 11) is 1.76. The number of anilines is 2. The highest BCUT2D eigenvalue weighted by Gasteiger charge is 2.17. The van der Waals surface area contributed by atoms with Crippen molar-refractivity contribution in [2.45, 2.75) is 53.5 Å². The van der Waals surface area contributed by atoms with Gasteiger partial charge in [-0.3, -0.25) is 4.90 Å². The Kier molecular flexibility index (Phi) is 8.14. The van der Waals surface area contributed by atoms with Crippen molar-refractivity contribution < 1.29 is 9.53 Å². The second kappa shape index (κ2) is 11.0. The number of hydrogen-bond donors (Lipinski definition) is 0. The summed E-state index contributed by atoms with van der Waals surface area (Å²) in [5, 5.41) is 0. The minimum Gasteiger partial charge on any atom is -0.449 e. The molecule has 0 bridgehead atoms. The molecule has 0 aliphatic heterocycles. The summed E-state index contributed by atoms with van der Waals surface area (Å²) in [5.41, 5.74) is 5.22. The van der Waals surface area contributed by atoms with Crippen LogP contribution in [0.5, 0.6) is 0 Å². The van der Waals surface area contributed by atoms with Gasteiger partial charge in [-0.25, -0.2) is 9.78 Å². The van der Waals surface area contributed by atoms with E-state index in [0.29, 0.717) is 13.0 Å². The SMILES string of the molecule is CCCCn1c(CCOC(=O)N(C)c2ccc(N(CC)CC)cc2C)nc2ccccc21. The van der Waals surface area contributed by atoms with Gasteiger partial charge in [-0.1, -0.05) is 25.5 Å². The predicted octanol–water partition coefficient (Wildman–Crippen LogP) is 5.81. The number of benzene rings is 2. The van der Waals surface area contributed by atoms with Crippen LogP contribution < -0.4 is 9.80 Å². The first-order valence-corrected chi connectivity index (χ1v) is 11.7. The minimum atomic E-state index is -0.347. The Labute approximate surface area is 191 Å². The van der Waals surface area contributed by atoms with Gasteiger partial charge in [0.25, 0.3) is 0 Å². The number of rotatable bonds is 10. The first kappa shape index (κ1) is 23.6. The van der Waals surface area contributed by atoms with Crippen molar-refractivity contribution in [3.63, 3.8) is 0 Å². The summed E-state index contributed by atoms with van der Waals surface area (Å²) in [4.78, 5) is 21.4. The van der Waals surface area contributed by atoms with Crippen LogP contribution in [0.4, 0.5) is 16.2 Å². The van der Waals surface area contributed by atoms with Crippen LogP contribution in [-0.2, 0) is 17.7 Å². The summed E-state index contributed by atoms with van der Waals surface area (Å²) in [5.74, 6) is 0.967. The van der Waals surface area contributed by atoms with Gasteiger partial charge in [-0.15, -0.1) is 0 Å². The largest absolute Gasteiger partial charge is 0.449 e. The van der Waals surface area contributed by atoms with E-state index in [4.69, 9.17) is 9.72 Å². The number of imidazole rings is 1. The fourth-order valence-electron chi connectivity index (χ4n) is 4.11. The number of aryl methyl sites for hydroxylation is 2. The maximum atomic E-state index is 12.7. The average molecular weight is 437 g/mol. The molecule has 32 heavy (non-hydrogen) atoms. The molecule has 3 aromatic rings. The normalized spacial score (nSPS) is 11.0. The number of fused-ring (bicyclic) bond motifs is 1. The predicted molar refractivity (Wildman–Crippen MR) is 133 cm³/mol. The van der Waals surface area contributed by atoms with Crippen LogP contribution in [0.3, 0.4) is 0 Å². The number of nitrogens with zero attached hydrogens (tertiary/aromatic N) is 4. The van der Waals surface area contributed by atoms with Crippen molar-refractivity contribution in [2.75, 3.05) is 36.5 Å². The van der Waals surface area contributed by atoms with E-state index in [1.165, 1.54) is 5.69 Å². The minimum absolute atomic E-state index is 0.301. The van der Waals surface area contributed by atoms with Crippen LogP contribution in [0, 0.1) is 6.92 Å². The van der Waals surface area contributed by atoms with Gasteiger partial charge in [0.15, 0.2) is 0 Å². The van der Waals surface area contributed by atoms with Gasteiger partial charge in [0.2, 0.25) is 0 Å². The molecule has 0 aliphatic carbocycles. The van der Waals surface area contributed by atoms with E-state index in [0.717, 1.165) is 60.6 Å². The zero-order valence-electron chi connectivity index (χ0n) is 20.1. The van der Waals surface area contributed by atoms with E-state index < -0.39 is 0 Å². The summed E-state index contributed by atoms with van der Waals surface area (Å²) in [6.45, 7) is 11.6. The molecule has 0 spiro atoms. The molecule has 0 aliphatic rings. The van der Waals surface area contributed by atoms with Crippen LogP contribution in [0.25, 0.3) is 11.0 Å². The molecule has 0 atom stereocenters. The number of para-hydroxylation sites is 2. The molecule has 0 saturated carbocycles. The lowest BCUT2D eigenvalue weighted by molar-refractivity contribution is 0.155. The van der Waals surface area contributed by atoms with Crippen molar-refractivity contribution in [1.82, 2.24) is 9.55 Å². The standard InChI is InChI=1S/C26H36N4O2/c1-6-9-17-30-24-13-11-10-12-22(24)27-25(30)16-18-32-26(31)28(5)23-15-14-21(19-20(23)4)29(7-2)8-3/h10-15,19H,6-9,16-18H2,1-5H3. The number of amides is 1. The van der Waals surface area contributed by atoms with Gasteiger partial charge >= 0.3 is 6.09 Å². The summed E-state index contributed by atoms with van der Waals surface area (Å²) in [6, 6.07) is 14.4. The fraction of sp³-hybridized carbons (Fsp3) is 0.462. The van der Waals surface area contributed by atoms with Gasteiger partial charge in [-0.05, 0) is 63.1 Å². The Bertz CT molecular complexity index is 1040. The second-order valence-corrected chi connectivity index (χ2v) is 8.09. The molecule has 0 unspecified atom stereocenters. The van der Waals surface area contributed by atoms with Crippen LogP contribution in [-0.4, -0.2) is 42.4 Å². The molecular weight excluding hydrogens is 400 g/mol. The number of carbonyl (C=O) groups is 1. The Morgan fingerprint density at radius 2 is 1.84 bits per heavy atom. The van der Waals surface area contributed by atoms with Gasteiger partial charge < -0.3 is 14.2 Å².